The van der Waals surface area contributed by atoms with Gasteiger partial charge in [-0.2, -0.15) is 0 Å². The monoisotopic (exact) mass is 271 g/mol. The van der Waals surface area contributed by atoms with Gasteiger partial charge in [0.15, 0.2) is 0 Å². The van der Waals surface area contributed by atoms with Gasteiger partial charge in [-0.05, 0) is 37.5 Å². The fourth-order valence-corrected chi connectivity index (χ4v) is 2.01. The molecule has 1 N–H and O–H groups in total. The third-order valence-electron chi connectivity index (χ3n) is 3.14. The molecule has 0 unspecified atom stereocenters. The van der Waals surface area contributed by atoms with Crippen molar-refractivity contribution in [3.63, 3.8) is 0 Å². The van der Waals surface area contributed by atoms with Crippen LogP contribution in [0.1, 0.15) is 16.8 Å². The Hall–Kier alpha value is -2.43. The summed E-state index contributed by atoms with van der Waals surface area (Å²) in [6.45, 7) is 4.44. The van der Waals surface area contributed by atoms with Crippen LogP contribution in [0.4, 0.5) is 11.4 Å². The number of hydrogen-bond donors (Lipinski definition) is 1. The molecule has 0 aliphatic carbocycles. The number of aryl methyl sites for hydroxylation is 2. The first-order valence-corrected chi connectivity index (χ1v) is 6.47. The van der Waals surface area contributed by atoms with Crippen molar-refractivity contribution in [2.45, 2.75) is 20.3 Å². The topological polar surface area (TPSA) is 68.1 Å². The third-order valence-corrected chi connectivity index (χ3v) is 3.14. The molecule has 0 radical (unpaired) electrons. The fraction of sp³-hybridized carbons (Fsp3) is 0.267. The van der Waals surface area contributed by atoms with Crippen molar-refractivity contribution in [3.05, 3.63) is 63.5 Å². The lowest BCUT2D eigenvalue weighted by atomic mass is 10.1. The molecule has 1 aromatic carbocycles. The van der Waals surface area contributed by atoms with Crippen LogP contribution in [0.3, 0.4) is 0 Å². The predicted octanol–water partition coefficient (Wildman–Crippen LogP) is 3.26. The Labute approximate surface area is 117 Å². The molecule has 2 rings (SSSR count). The van der Waals surface area contributed by atoms with E-state index in [1.165, 1.54) is 6.07 Å². The highest BCUT2D eigenvalue weighted by Gasteiger charge is 2.14. The Morgan fingerprint density at radius 3 is 2.70 bits per heavy atom. The maximum Gasteiger partial charge on any atom is 0.292 e. The molecule has 0 saturated carbocycles. The van der Waals surface area contributed by atoms with E-state index in [-0.39, 0.29) is 10.6 Å². The zero-order chi connectivity index (χ0) is 14.5. The van der Waals surface area contributed by atoms with E-state index in [1.54, 1.807) is 6.07 Å². The van der Waals surface area contributed by atoms with Gasteiger partial charge in [-0.3, -0.25) is 15.1 Å². The van der Waals surface area contributed by atoms with Crippen LogP contribution in [0.25, 0.3) is 0 Å². The van der Waals surface area contributed by atoms with E-state index >= 15 is 0 Å². The van der Waals surface area contributed by atoms with Crippen LogP contribution >= 0.6 is 0 Å². The number of pyridine rings is 1. The van der Waals surface area contributed by atoms with Crippen molar-refractivity contribution in [2.24, 2.45) is 0 Å². The molecule has 0 saturated heterocycles. The summed E-state index contributed by atoms with van der Waals surface area (Å²) in [6, 6.07) is 9.07. The number of rotatable bonds is 5. The molecule has 0 aliphatic heterocycles. The number of para-hydroxylation sites is 1. The van der Waals surface area contributed by atoms with Crippen LogP contribution in [0, 0.1) is 24.0 Å². The second kappa shape index (κ2) is 6.14. The quantitative estimate of drug-likeness (QED) is 0.669. The summed E-state index contributed by atoms with van der Waals surface area (Å²) in [7, 11) is 0. The highest BCUT2D eigenvalue weighted by molar-refractivity contribution is 5.65. The maximum absolute atomic E-state index is 11.0. The number of nitrogens with one attached hydrogen (secondary N) is 1. The summed E-state index contributed by atoms with van der Waals surface area (Å²) >= 11 is 0. The minimum absolute atomic E-state index is 0.118. The minimum atomic E-state index is -0.358. The lowest BCUT2D eigenvalue weighted by Crippen LogP contribution is -2.08. The Bertz CT molecular complexity index is 609. The van der Waals surface area contributed by atoms with E-state index in [4.69, 9.17) is 0 Å². The van der Waals surface area contributed by atoms with Crippen LogP contribution in [0.5, 0.6) is 0 Å². The van der Waals surface area contributed by atoms with Gasteiger partial charge in [0.05, 0.1) is 4.92 Å². The SMILES string of the molecule is Cc1ccc(CCNc2c(C)cccc2[N+](=O)[O-])cn1. The van der Waals surface area contributed by atoms with Crippen molar-refractivity contribution >= 4 is 11.4 Å². The van der Waals surface area contributed by atoms with E-state index in [2.05, 4.69) is 10.3 Å². The zero-order valence-corrected chi connectivity index (χ0v) is 11.6. The molecule has 20 heavy (non-hydrogen) atoms. The van der Waals surface area contributed by atoms with Gasteiger partial charge >= 0.3 is 0 Å². The fourth-order valence-electron chi connectivity index (χ4n) is 2.01. The largest absolute Gasteiger partial charge is 0.379 e. The second-order valence-corrected chi connectivity index (χ2v) is 4.71. The molecule has 5 nitrogen and oxygen atoms in total. The summed E-state index contributed by atoms with van der Waals surface area (Å²) in [5, 5.41) is 14.2. The second-order valence-electron chi connectivity index (χ2n) is 4.71. The Morgan fingerprint density at radius 1 is 1.25 bits per heavy atom. The van der Waals surface area contributed by atoms with E-state index in [0.717, 1.165) is 23.2 Å². The number of nitro groups is 1. The smallest absolute Gasteiger partial charge is 0.292 e. The van der Waals surface area contributed by atoms with Crippen LogP contribution in [0.15, 0.2) is 36.5 Å². The van der Waals surface area contributed by atoms with Gasteiger partial charge in [0.1, 0.15) is 5.69 Å². The Kier molecular flexibility index (Phi) is 4.30. The summed E-state index contributed by atoms with van der Waals surface area (Å²) in [4.78, 5) is 14.9. The van der Waals surface area contributed by atoms with Gasteiger partial charge < -0.3 is 5.32 Å². The van der Waals surface area contributed by atoms with Gasteiger partial charge in [-0.15, -0.1) is 0 Å². The molecule has 0 amide bonds. The first kappa shape index (κ1) is 14.0. The van der Waals surface area contributed by atoms with Crippen molar-refractivity contribution < 1.29 is 4.92 Å². The standard InChI is InChI=1S/C15H17N3O2/c1-11-4-3-5-14(18(19)20)15(11)16-9-8-13-7-6-12(2)17-10-13/h3-7,10,16H,8-9H2,1-2H3. The number of aromatic nitrogens is 1. The molecule has 0 spiro atoms. The van der Waals surface area contributed by atoms with Crippen molar-refractivity contribution in [2.75, 3.05) is 11.9 Å². The molecular formula is C15H17N3O2. The number of nitrogens with zero attached hydrogens (tertiary/aromatic N) is 2. The van der Waals surface area contributed by atoms with Crippen LogP contribution in [-0.2, 0) is 6.42 Å². The molecular weight excluding hydrogens is 254 g/mol. The molecule has 104 valence electrons. The van der Waals surface area contributed by atoms with Crippen LogP contribution in [-0.4, -0.2) is 16.5 Å². The highest BCUT2D eigenvalue weighted by Crippen LogP contribution is 2.27. The summed E-state index contributed by atoms with van der Waals surface area (Å²) in [5.74, 6) is 0. The number of anilines is 1. The first-order valence-electron chi connectivity index (χ1n) is 6.47. The summed E-state index contributed by atoms with van der Waals surface area (Å²) < 4.78 is 0. The predicted molar refractivity (Wildman–Crippen MR) is 79.0 cm³/mol. The van der Waals surface area contributed by atoms with Gasteiger partial charge in [0.2, 0.25) is 0 Å². The molecule has 5 heteroatoms. The minimum Gasteiger partial charge on any atom is -0.379 e. The molecule has 0 atom stereocenters. The first-order chi connectivity index (χ1) is 9.58. The van der Waals surface area contributed by atoms with Crippen molar-refractivity contribution in [3.8, 4) is 0 Å². The van der Waals surface area contributed by atoms with E-state index < -0.39 is 0 Å². The summed E-state index contributed by atoms with van der Waals surface area (Å²) in [6.07, 6.45) is 2.61. The molecule has 1 aromatic heterocycles. The number of hydrogen-bond acceptors (Lipinski definition) is 4. The van der Waals surface area contributed by atoms with E-state index in [9.17, 15) is 10.1 Å². The molecule has 0 bridgehead atoms. The van der Waals surface area contributed by atoms with Gasteiger partial charge in [-0.25, -0.2) is 0 Å². The number of nitro benzene ring substituents is 1. The summed E-state index contributed by atoms with van der Waals surface area (Å²) in [5.41, 5.74) is 3.68. The van der Waals surface area contributed by atoms with E-state index in [1.807, 2.05) is 38.2 Å². The molecule has 0 aliphatic rings. The van der Waals surface area contributed by atoms with Gasteiger partial charge in [0.25, 0.3) is 5.69 Å². The number of benzene rings is 1. The normalized spacial score (nSPS) is 10.3. The van der Waals surface area contributed by atoms with Gasteiger partial charge in [-0.1, -0.05) is 18.2 Å². The highest BCUT2D eigenvalue weighted by atomic mass is 16.6. The van der Waals surface area contributed by atoms with Crippen molar-refractivity contribution in [1.29, 1.82) is 0 Å². The third kappa shape index (κ3) is 3.32. The molecule has 2 aromatic rings. The zero-order valence-electron chi connectivity index (χ0n) is 11.6. The van der Waals surface area contributed by atoms with Crippen LogP contribution < -0.4 is 5.32 Å². The Morgan fingerprint density at radius 2 is 2.05 bits per heavy atom. The Balaban J connectivity index is 2.04. The average Bonchev–Trinajstić information content (AvgIpc) is 2.42. The lowest BCUT2D eigenvalue weighted by molar-refractivity contribution is -0.384. The van der Waals surface area contributed by atoms with E-state index in [0.29, 0.717) is 12.2 Å². The van der Waals surface area contributed by atoms with Crippen LogP contribution in [0.2, 0.25) is 0 Å². The molecule has 0 fully saturated rings. The maximum atomic E-state index is 11.0. The average molecular weight is 271 g/mol. The van der Waals surface area contributed by atoms with Gasteiger partial charge in [0, 0.05) is 24.5 Å². The van der Waals surface area contributed by atoms with Crippen molar-refractivity contribution in [1.82, 2.24) is 4.98 Å². The lowest BCUT2D eigenvalue weighted by Gasteiger charge is -2.09. The molecule has 1 heterocycles.